The highest BCUT2D eigenvalue weighted by Gasteiger charge is 2.31. The molecule has 9 heteroatoms. The Labute approximate surface area is 131 Å². The molecule has 2 heterocycles. The fraction of sp³-hybridized carbons (Fsp3) is 0.154. The average Bonchev–Trinajstić information content (AvgIpc) is 3.07. The van der Waals surface area contributed by atoms with Crippen molar-refractivity contribution in [1.82, 2.24) is 9.71 Å². The molecule has 0 spiro atoms. The van der Waals surface area contributed by atoms with E-state index in [1.54, 1.807) is 36.7 Å². The Bertz CT molecular complexity index is 844. The van der Waals surface area contributed by atoms with Crippen molar-refractivity contribution in [3.8, 4) is 0 Å². The fourth-order valence-corrected chi connectivity index (χ4v) is 3.75. The number of amides is 1. The molecule has 0 bridgehead atoms. The molecule has 1 aliphatic heterocycles. The van der Waals surface area contributed by atoms with Crippen LogP contribution in [-0.4, -0.2) is 31.2 Å². The molecule has 1 atom stereocenters. The largest absolute Gasteiger partial charge is 0.300 e. The van der Waals surface area contributed by atoms with E-state index in [2.05, 4.69) is 20.0 Å². The second-order valence-electron chi connectivity index (χ2n) is 4.58. The van der Waals surface area contributed by atoms with Crippen LogP contribution in [0.5, 0.6) is 0 Å². The van der Waals surface area contributed by atoms with Crippen LogP contribution in [0.1, 0.15) is 12.5 Å². The summed E-state index contributed by atoms with van der Waals surface area (Å²) in [5.74, 6) is -0.177. The summed E-state index contributed by atoms with van der Waals surface area (Å²) in [4.78, 5) is 20.4. The lowest BCUT2D eigenvalue weighted by molar-refractivity contribution is -0.117. The molecule has 1 aliphatic rings. The molecule has 0 aliphatic carbocycles. The number of fused-ring (bicyclic) bond motifs is 1. The molecule has 2 aromatic rings. The van der Waals surface area contributed by atoms with Crippen LogP contribution in [0.25, 0.3) is 0 Å². The van der Waals surface area contributed by atoms with E-state index in [0.717, 1.165) is 0 Å². The summed E-state index contributed by atoms with van der Waals surface area (Å²) in [6.07, 6.45) is 1.58. The average molecular weight is 336 g/mol. The highest BCUT2D eigenvalue weighted by molar-refractivity contribution is 7.90. The third kappa shape index (κ3) is 2.72. The molecule has 1 aromatic carbocycles. The smallest absolute Gasteiger partial charge is 0.263 e. The van der Waals surface area contributed by atoms with Gasteiger partial charge in [-0.25, -0.2) is 13.4 Å². The summed E-state index contributed by atoms with van der Waals surface area (Å²) in [6.45, 7) is 1.59. The minimum absolute atomic E-state index is 0.168. The molecule has 1 aromatic heterocycles. The molecule has 1 unspecified atom stereocenters. The van der Waals surface area contributed by atoms with Gasteiger partial charge < -0.3 is 5.32 Å². The van der Waals surface area contributed by atoms with Gasteiger partial charge >= 0.3 is 0 Å². The Hall–Kier alpha value is -2.26. The standard InChI is InChI=1S/C13H12N4O3S2/c1-8(12(18)16-13-14-6-7-21-13)15-11-9-4-2-3-5-10(9)22(19,20)17-11/h2-8H,1H3,(H,15,17)(H,14,16,18). The van der Waals surface area contributed by atoms with Crippen molar-refractivity contribution in [2.45, 2.75) is 17.9 Å². The Kier molecular flexibility index (Phi) is 3.67. The molecular weight excluding hydrogens is 324 g/mol. The monoisotopic (exact) mass is 336 g/mol. The van der Waals surface area contributed by atoms with Gasteiger partial charge in [0.2, 0.25) is 0 Å². The maximum absolute atomic E-state index is 12.0. The van der Waals surface area contributed by atoms with Crippen molar-refractivity contribution in [3.05, 3.63) is 41.4 Å². The SMILES string of the molecule is CC(N=C1NS(=O)(=O)c2ccccc21)C(=O)Nc1nccs1. The fourth-order valence-electron chi connectivity index (χ4n) is 1.98. The highest BCUT2D eigenvalue weighted by atomic mass is 32.2. The van der Waals surface area contributed by atoms with Crippen molar-refractivity contribution in [1.29, 1.82) is 0 Å². The summed E-state index contributed by atoms with van der Waals surface area (Å²) in [6, 6.07) is 5.75. The van der Waals surface area contributed by atoms with Crippen LogP contribution in [0.3, 0.4) is 0 Å². The third-order valence-electron chi connectivity index (χ3n) is 3.03. The van der Waals surface area contributed by atoms with E-state index in [0.29, 0.717) is 10.7 Å². The number of thiazole rings is 1. The number of benzene rings is 1. The number of anilines is 1. The number of aromatic nitrogens is 1. The summed E-state index contributed by atoms with van der Waals surface area (Å²) >= 11 is 1.30. The van der Waals surface area contributed by atoms with E-state index in [9.17, 15) is 13.2 Å². The number of rotatable bonds is 3. The van der Waals surface area contributed by atoms with Gasteiger partial charge in [-0.05, 0) is 19.1 Å². The number of sulfonamides is 1. The molecule has 114 valence electrons. The Morgan fingerprint density at radius 1 is 1.41 bits per heavy atom. The van der Waals surface area contributed by atoms with Crippen molar-refractivity contribution in [2.24, 2.45) is 4.99 Å². The van der Waals surface area contributed by atoms with E-state index in [1.807, 2.05) is 0 Å². The van der Waals surface area contributed by atoms with E-state index < -0.39 is 16.1 Å². The van der Waals surface area contributed by atoms with Crippen molar-refractivity contribution in [2.75, 3.05) is 5.32 Å². The molecular formula is C13H12N4O3S2. The van der Waals surface area contributed by atoms with E-state index in [1.165, 1.54) is 17.4 Å². The number of carbonyl (C=O) groups excluding carboxylic acids is 1. The lowest BCUT2D eigenvalue weighted by Gasteiger charge is -2.07. The third-order valence-corrected chi connectivity index (χ3v) is 5.11. The van der Waals surface area contributed by atoms with Gasteiger partial charge in [0.15, 0.2) is 5.13 Å². The number of amidine groups is 1. The molecule has 0 radical (unpaired) electrons. The first kappa shape index (κ1) is 14.7. The van der Waals surface area contributed by atoms with Crippen LogP contribution in [0.15, 0.2) is 45.7 Å². The molecule has 0 saturated carbocycles. The summed E-state index contributed by atoms with van der Waals surface area (Å²) < 4.78 is 26.3. The van der Waals surface area contributed by atoms with E-state index in [4.69, 9.17) is 0 Å². The zero-order valence-electron chi connectivity index (χ0n) is 11.5. The number of aliphatic imine (C=N–C) groups is 1. The molecule has 7 nitrogen and oxygen atoms in total. The predicted molar refractivity (Wildman–Crippen MR) is 83.5 cm³/mol. The van der Waals surface area contributed by atoms with Gasteiger partial charge in [0.1, 0.15) is 11.9 Å². The second-order valence-corrected chi connectivity index (χ2v) is 7.13. The van der Waals surface area contributed by atoms with Crippen LogP contribution in [-0.2, 0) is 14.8 Å². The summed E-state index contributed by atoms with van der Waals surface area (Å²) in [7, 11) is -3.60. The number of hydrogen-bond donors (Lipinski definition) is 2. The maximum Gasteiger partial charge on any atom is 0.263 e. The van der Waals surface area contributed by atoms with Gasteiger partial charge in [-0.1, -0.05) is 12.1 Å². The predicted octanol–water partition coefficient (Wildman–Crippen LogP) is 1.21. The Morgan fingerprint density at radius 3 is 2.91 bits per heavy atom. The summed E-state index contributed by atoms with van der Waals surface area (Å²) in [5.41, 5.74) is 0.469. The molecule has 0 saturated heterocycles. The van der Waals surface area contributed by atoms with Crippen LogP contribution >= 0.6 is 11.3 Å². The minimum atomic E-state index is -3.60. The topological polar surface area (TPSA) is 101 Å². The highest BCUT2D eigenvalue weighted by Crippen LogP contribution is 2.22. The Morgan fingerprint density at radius 2 is 2.18 bits per heavy atom. The number of nitrogens with zero attached hydrogens (tertiary/aromatic N) is 2. The zero-order valence-corrected chi connectivity index (χ0v) is 13.1. The normalized spacial score (nSPS) is 18.5. The Balaban J connectivity index is 1.85. The van der Waals surface area contributed by atoms with Crippen LogP contribution in [0, 0.1) is 0 Å². The molecule has 3 rings (SSSR count). The first-order valence-corrected chi connectivity index (χ1v) is 8.74. The summed E-state index contributed by atoms with van der Waals surface area (Å²) in [5, 5.41) is 4.84. The first-order valence-electron chi connectivity index (χ1n) is 6.38. The van der Waals surface area contributed by atoms with Crippen LogP contribution < -0.4 is 10.0 Å². The molecule has 0 fully saturated rings. The van der Waals surface area contributed by atoms with Gasteiger partial charge in [0.25, 0.3) is 15.9 Å². The molecule has 1 amide bonds. The van der Waals surface area contributed by atoms with Crippen molar-refractivity contribution >= 4 is 38.2 Å². The van der Waals surface area contributed by atoms with Crippen LogP contribution in [0.4, 0.5) is 5.13 Å². The molecule has 2 N–H and O–H groups in total. The number of carbonyl (C=O) groups is 1. The van der Waals surface area contributed by atoms with Gasteiger partial charge in [-0.3, -0.25) is 14.5 Å². The van der Waals surface area contributed by atoms with E-state index >= 15 is 0 Å². The maximum atomic E-state index is 12.0. The molecule has 22 heavy (non-hydrogen) atoms. The number of hydrogen-bond acceptors (Lipinski definition) is 6. The van der Waals surface area contributed by atoms with Crippen molar-refractivity contribution in [3.63, 3.8) is 0 Å². The number of nitrogens with one attached hydrogen (secondary N) is 2. The second kappa shape index (κ2) is 5.50. The van der Waals surface area contributed by atoms with Gasteiger partial charge in [-0.15, -0.1) is 11.3 Å². The van der Waals surface area contributed by atoms with Crippen molar-refractivity contribution < 1.29 is 13.2 Å². The van der Waals surface area contributed by atoms with Gasteiger partial charge in [0.05, 0.1) is 4.90 Å². The quantitative estimate of drug-likeness (QED) is 0.879. The lowest BCUT2D eigenvalue weighted by Crippen LogP contribution is -2.28. The van der Waals surface area contributed by atoms with Gasteiger partial charge in [0, 0.05) is 17.1 Å². The van der Waals surface area contributed by atoms with Gasteiger partial charge in [-0.2, -0.15) is 0 Å². The van der Waals surface area contributed by atoms with E-state index in [-0.39, 0.29) is 16.6 Å². The zero-order chi connectivity index (χ0) is 15.7. The lowest BCUT2D eigenvalue weighted by atomic mass is 10.2. The van der Waals surface area contributed by atoms with Crippen LogP contribution in [0.2, 0.25) is 0 Å². The minimum Gasteiger partial charge on any atom is -0.300 e. The first-order chi connectivity index (χ1) is 10.5.